The van der Waals surface area contributed by atoms with Gasteiger partial charge in [0.15, 0.2) is 0 Å². The highest BCUT2D eigenvalue weighted by molar-refractivity contribution is 7.89. The number of hydrogen-bond acceptors (Lipinski definition) is 5. The number of sulfonamides is 1. The van der Waals surface area contributed by atoms with Crippen molar-refractivity contribution in [3.63, 3.8) is 0 Å². The number of hydrogen-bond donors (Lipinski definition) is 1. The monoisotopic (exact) mass is 374 g/mol. The molecular weight excluding hydrogens is 356 g/mol. The lowest BCUT2D eigenvalue weighted by molar-refractivity contribution is 0.331. The van der Waals surface area contributed by atoms with Gasteiger partial charge in [-0.05, 0) is 42.1 Å². The number of pyridine rings is 1. The Bertz CT molecular complexity index is 938. The Morgan fingerprint density at radius 3 is 2.72 bits per heavy atom. The molecule has 3 rings (SSSR count). The van der Waals surface area contributed by atoms with Crippen LogP contribution in [0.4, 0.5) is 0 Å². The highest BCUT2D eigenvalue weighted by Crippen LogP contribution is 2.27. The van der Waals surface area contributed by atoms with Crippen LogP contribution >= 0.6 is 11.3 Å². The van der Waals surface area contributed by atoms with Crippen LogP contribution in [0.2, 0.25) is 0 Å². The Balaban J connectivity index is 1.85. The van der Waals surface area contributed by atoms with E-state index in [-0.39, 0.29) is 11.4 Å². The van der Waals surface area contributed by atoms with E-state index in [9.17, 15) is 8.42 Å². The van der Waals surface area contributed by atoms with Crippen molar-refractivity contribution in [3.05, 3.63) is 65.7 Å². The van der Waals surface area contributed by atoms with Crippen molar-refractivity contribution in [1.82, 2.24) is 9.71 Å². The van der Waals surface area contributed by atoms with Crippen molar-refractivity contribution < 1.29 is 13.2 Å². The van der Waals surface area contributed by atoms with Gasteiger partial charge in [0, 0.05) is 12.7 Å². The number of nitrogens with one attached hydrogen (secondary N) is 1. The fraction of sp³-hybridized carbons (Fsp3) is 0.167. The van der Waals surface area contributed by atoms with Gasteiger partial charge in [-0.1, -0.05) is 24.3 Å². The molecule has 2 aromatic heterocycles. The lowest BCUT2D eigenvalue weighted by Gasteiger charge is -2.12. The van der Waals surface area contributed by atoms with Crippen LogP contribution in [0, 0.1) is 0 Å². The molecule has 0 aliphatic rings. The zero-order chi connectivity index (χ0) is 17.7. The Labute approximate surface area is 151 Å². The first kappa shape index (κ1) is 17.6. The molecule has 7 heteroatoms. The van der Waals surface area contributed by atoms with Crippen LogP contribution < -0.4 is 9.46 Å². The number of aromatic nitrogens is 1. The first-order chi connectivity index (χ1) is 12.1. The third-order valence-corrected chi connectivity index (χ3v) is 5.85. The molecule has 0 spiro atoms. The second kappa shape index (κ2) is 7.77. The molecule has 0 aliphatic carbocycles. The third-order valence-electron chi connectivity index (χ3n) is 3.54. The summed E-state index contributed by atoms with van der Waals surface area (Å²) in [5.74, 6) is 0.349. The fourth-order valence-corrected chi connectivity index (χ4v) is 4.32. The molecule has 0 amide bonds. The Kier molecular flexibility index (Phi) is 5.47. The molecule has 5 nitrogen and oxygen atoms in total. The van der Waals surface area contributed by atoms with E-state index < -0.39 is 10.0 Å². The van der Waals surface area contributed by atoms with Gasteiger partial charge in [0.05, 0.1) is 17.2 Å². The van der Waals surface area contributed by atoms with Crippen LogP contribution in [-0.2, 0) is 16.6 Å². The maximum absolute atomic E-state index is 12.7. The maximum Gasteiger partial charge on any atom is 0.244 e. The van der Waals surface area contributed by atoms with E-state index in [2.05, 4.69) is 9.71 Å². The minimum Gasteiger partial charge on any atom is -0.492 e. The quantitative estimate of drug-likeness (QED) is 0.685. The predicted octanol–water partition coefficient (Wildman–Crippen LogP) is 3.69. The van der Waals surface area contributed by atoms with Crippen molar-refractivity contribution in [2.45, 2.75) is 18.4 Å². The van der Waals surface area contributed by atoms with E-state index in [4.69, 9.17) is 4.74 Å². The van der Waals surface area contributed by atoms with Gasteiger partial charge in [0.25, 0.3) is 0 Å². The predicted molar refractivity (Wildman–Crippen MR) is 99.2 cm³/mol. The van der Waals surface area contributed by atoms with E-state index in [1.165, 1.54) is 6.07 Å². The molecule has 0 saturated heterocycles. The zero-order valence-corrected chi connectivity index (χ0v) is 15.3. The van der Waals surface area contributed by atoms with Crippen LogP contribution in [0.15, 0.2) is 65.0 Å². The Hall–Kier alpha value is -2.22. The van der Waals surface area contributed by atoms with E-state index in [1.807, 2.05) is 30.5 Å². The lowest BCUT2D eigenvalue weighted by Crippen LogP contribution is -2.24. The smallest absolute Gasteiger partial charge is 0.244 e. The van der Waals surface area contributed by atoms with E-state index in [0.29, 0.717) is 12.4 Å². The highest BCUT2D eigenvalue weighted by atomic mass is 32.2. The normalized spacial score (nSPS) is 11.4. The van der Waals surface area contributed by atoms with Gasteiger partial charge < -0.3 is 4.74 Å². The molecule has 1 aromatic carbocycles. The van der Waals surface area contributed by atoms with Gasteiger partial charge in [-0.25, -0.2) is 13.1 Å². The largest absolute Gasteiger partial charge is 0.492 e. The molecule has 1 N–H and O–H groups in total. The number of rotatable bonds is 7. The summed E-state index contributed by atoms with van der Waals surface area (Å²) in [5.41, 5.74) is 1.61. The lowest BCUT2D eigenvalue weighted by atomic mass is 10.2. The molecular formula is C18H18N2O3S2. The number of ether oxygens (including phenoxy) is 1. The van der Waals surface area contributed by atoms with Crippen LogP contribution in [-0.4, -0.2) is 20.0 Å². The van der Waals surface area contributed by atoms with Crippen molar-refractivity contribution in [3.8, 4) is 16.3 Å². The van der Waals surface area contributed by atoms with Crippen LogP contribution in [0.25, 0.3) is 10.6 Å². The summed E-state index contributed by atoms with van der Waals surface area (Å²) in [6, 6.07) is 14.2. The standard InChI is InChI=1S/C18H18N2O3S2/c1-2-23-15-8-3-4-10-17(15)25(21,22)20-13-14-7-5-11-19-18(14)16-9-6-12-24-16/h3-12,20H,2,13H2,1H3. The number of thiophene rings is 1. The summed E-state index contributed by atoms with van der Waals surface area (Å²) in [5, 5.41) is 1.97. The third kappa shape index (κ3) is 4.07. The van der Waals surface area contributed by atoms with Gasteiger partial charge in [-0.2, -0.15) is 0 Å². The molecule has 0 radical (unpaired) electrons. The summed E-state index contributed by atoms with van der Waals surface area (Å²) < 4.78 is 33.5. The van der Waals surface area contributed by atoms with Gasteiger partial charge in [0.1, 0.15) is 10.6 Å². The van der Waals surface area contributed by atoms with E-state index in [1.54, 1.807) is 41.8 Å². The van der Waals surface area contributed by atoms with Crippen LogP contribution in [0.1, 0.15) is 12.5 Å². The van der Waals surface area contributed by atoms with Gasteiger partial charge in [-0.3, -0.25) is 4.98 Å². The summed E-state index contributed by atoms with van der Waals surface area (Å²) in [6.07, 6.45) is 1.71. The van der Waals surface area contributed by atoms with Crippen molar-refractivity contribution >= 4 is 21.4 Å². The topological polar surface area (TPSA) is 68.3 Å². The molecule has 0 aliphatic heterocycles. The van der Waals surface area contributed by atoms with E-state index in [0.717, 1.165) is 16.1 Å². The van der Waals surface area contributed by atoms with Gasteiger partial charge >= 0.3 is 0 Å². The summed E-state index contributed by atoms with van der Waals surface area (Å²) in [7, 11) is -3.70. The van der Waals surface area contributed by atoms with Crippen molar-refractivity contribution in [2.75, 3.05) is 6.61 Å². The first-order valence-corrected chi connectivity index (χ1v) is 10.2. The SMILES string of the molecule is CCOc1ccccc1S(=O)(=O)NCc1cccnc1-c1cccs1. The average molecular weight is 374 g/mol. The van der Waals surface area contributed by atoms with Crippen molar-refractivity contribution in [1.29, 1.82) is 0 Å². The summed E-state index contributed by atoms with van der Waals surface area (Å²) in [6.45, 7) is 2.38. The number of benzene rings is 1. The highest BCUT2D eigenvalue weighted by Gasteiger charge is 2.19. The zero-order valence-electron chi connectivity index (χ0n) is 13.7. The fourth-order valence-electron chi connectivity index (χ4n) is 2.41. The average Bonchev–Trinajstić information content (AvgIpc) is 3.15. The minimum atomic E-state index is -3.70. The molecule has 3 aromatic rings. The van der Waals surface area contributed by atoms with Gasteiger partial charge in [-0.15, -0.1) is 11.3 Å². The molecule has 2 heterocycles. The Morgan fingerprint density at radius 1 is 1.12 bits per heavy atom. The molecule has 0 saturated carbocycles. The first-order valence-electron chi connectivity index (χ1n) is 7.81. The summed E-state index contributed by atoms with van der Waals surface area (Å²) in [4.78, 5) is 5.53. The maximum atomic E-state index is 12.7. The number of nitrogens with zero attached hydrogens (tertiary/aromatic N) is 1. The molecule has 0 fully saturated rings. The Morgan fingerprint density at radius 2 is 1.96 bits per heavy atom. The minimum absolute atomic E-state index is 0.137. The van der Waals surface area contributed by atoms with Crippen molar-refractivity contribution in [2.24, 2.45) is 0 Å². The number of para-hydroxylation sites is 1. The van der Waals surface area contributed by atoms with Crippen LogP contribution in [0.5, 0.6) is 5.75 Å². The van der Waals surface area contributed by atoms with Crippen LogP contribution in [0.3, 0.4) is 0 Å². The van der Waals surface area contributed by atoms with Gasteiger partial charge in [0.2, 0.25) is 10.0 Å². The molecule has 0 unspecified atom stereocenters. The summed E-state index contributed by atoms with van der Waals surface area (Å²) >= 11 is 1.57. The molecule has 130 valence electrons. The second-order valence-electron chi connectivity index (χ2n) is 5.19. The van der Waals surface area contributed by atoms with E-state index >= 15 is 0 Å². The molecule has 0 bridgehead atoms. The second-order valence-corrected chi connectivity index (χ2v) is 7.88. The molecule has 25 heavy (non-hydrogen) atoms. The molecule has 0 atom stereocenters.